The zero-order chi connectivity index (χ0) is 42.7. The van der Waals surface area contributed by atoms with Gasteiger partial charge in [-0.1, -0.05) is 109 Å². The third-order valence-corrected chi connectivity index (χ3v) is 12.1. The fourth-order valence-corrected chi connectivity index (χ4v) is 8.51. The molecule has 0 aromatic heterocycles. The molecule has 6 aromatic carbocycles. The Labute approximate surface area is 338 Å². The summed E-state index contributed by atoms with van der Waals surface area (Å²) in [4.78, 5) is 2.35. The van der Waals surface area contributed by atoms with Crippen molar-refractivity contribution < 1.29 is 56.9 Å². The number of hydrogen-bond donors (Lipinski definition) is 0. The van der Waals surface area contributed by atoms with Gasteiger partial charge in [-0.2, -0.15) is 47.9 Å². The number of ether oxygens (including phenoxy) is 1. The molecule has 2 aliphatic heterocycles. The van der Waals surface area contributed by atoms with E-state index in [1.165, 1.54) is 12.1 Å². The van der Waals surface area contributed by atoms with Crippen molar-refractivity contribution in [1.82, 2.24) is 0 Å². The first-order valence-electron chi connectivity index (χ1n) is 18.6. The van der Waals surface area contributed by atoms with Crippen LogP contribution in [0.25, 0.3) is 27.5 Å². The molecule has 2 aliphatic rings. The van der Waals surface area contributed by atoms with Gasteiger partial charge in [-0.25, -0.2) is 0 Å². The van der Waals surface area contributed by atoms with Crippen molar-refractivity contribution in [1.29, 1.82) is 0 Å². The van der Waals surface area contributed by atoms with Gasteiger partial charge in [0, 0.05) is 35.5 Å². The van der Waals surface area contributed by atoms with Crippen LogP contribution in [0.2, 0.25) is 0 Å². The summed E-state index contributed by atoms with van der Waals surface area (Å²) in [5, 5.41) is -5.07. The molecular formula is C45H32F9NO4S. The molecule has 310 valence electrons. The standard InChI is InChI=1S/C45H32F9NO4S/c46-42(47,44(50,51)52)43(48,49)45(53,54)60(56,57)59-36-23-16-30(17-24-36)29-12-14-32(15-13-29)38-28-41(33-9-2-1-3-10-33,34-19-21-35(22-20-34)55-26-6-7-27-55)58-39-25-18-31-8-4-5-11-37(31)40(38)39/h1-5,8-25,28H,6-7,26-27H2. The minimum absolute atomic E-state index is 0.357. The number of halogens is 9. The van der Waals surface area contributed by atoms with E-state index in [9.17, 15) is 47.9 Å². The lowest BCUT2D eigenvalue weighted by molar-refractivity contribution is -0.382. The number of benzene rings is 6. The number of fused-ring (bicyclic) bond motifs is 3. The zero-order valence-electron chi connectivity index (χ0n) is 31.1. The van der Waals surface area contributed by atoms with Crippen LogP contribution in [0.1, 0.15) is 35.1 Å². The summed E-state index contributed by atoms with van der Waals surface area (Å²) in [7, 11) is -7.09. The smallest absolute Gasteiger partial charge is 0.460 e. The Morgan fingerprint density at radius 1 is 0.583 bits per heavy atom. The van der Waals surface area contributed by atoms with Crippen LogP contribution in [0, 0.1) is 0 Å². The number of alkyl halides is 9. The maximum Gasteiger partial charge on any atom is 0.460 e. The minimum Gasteiger partial charge on any atom is -0.473 e. The quantitative estimate of drug-likeness (QED) is 0.101. The van der Waals surface area contributed by atoms with E-state index in [-0.39, 0.29) is 0 Å². The van der Waals surface area contributed by atoms with Gasteiger partial charge in [-0.05, 0) is 82.3 Å². The van der Waals surface area contributed by atoms with Crippen LogP contribution >= 0.6 is 0 Å². The van der Waals surface area contributed by atoms with Crippen molar-refractivity contribution in [2.75, 3.05) is 18.0 Å². The molecule has 0 amide bonds. The molecule has 1 fully saturated rings. The summed E-state index contributed by atoms with van der Waals surface area (Å²) in [6.45, 7) is 1.97. The first-order chi connectivity index (χ1) is 28.4. The summed E-state index contributed by atoms with van der Waals surface area (Å²) in [5.41, 5.74) is 5.16. The van der Waals surface area contributed by atoms with E-state index >= 15 is 0 Å². The predicted octanol–water partition coefficient (Wildman–Crippen LogP) is 12.0. The number of nitrogens with zero attached hydrogens (tertiary/aromatic N) is 1. The first kappa shape index (κ1) is 40.8. The first-order valence-corrected chi connectivity index (χ1v) is 20.0. The predicted molar refractivity (Wildman–Crippen MR) is 209 cm³/mol. The molecule has 15 heteroatoms. The molecule has 1 saturated heterocycles. The third kappa shape index (κ3) is 6.72. The molecule has 0 aliphatic carbocycles. The highest BCUT2D eigenvalue weighted by Gasteiger charge is 2.86. The van der Waals surface area contributed by atoms with E-state index in [1.54, 1.807) is 12.1 Å². The maximum absolute atomic E-state index is 14.3. The van der Waals surface area contributed by atoms with E-state index in [1.807, 2.05) is 78.9 Å². The van der Waals surface area contributed by atoms with Crippen molar-refractivity contribution in [3.63, 3.8) is 0 Å². The Bertz CT molecular complexity index is 2680. The highest BCUT2D eigenvalue weighted by molar-refractivity contribution is 7.88. The van der Waals surface area contributed by atoms with E-state index in [0.717, 1.165) is 82.4 Å². The SMILES string of the molecule is O=S(=O)(Oc1ccc(-c2ccc(C3=CC(c4ccccc4)(c4ccc(N5CCCC5)cc4)Oc4ccc5ccccc5c43)cc2)cc1)C(F)(F)C(F)(F)C(F)(F)C(F)(F)F. The van der Waals surface area contributed by atoms with E-state index in [2.05, 4.69) is 39.4 Å². The second-order valence-corrected chi connectivity index (χ2v) is 16.1. The van der Waals surface area contributed by atoms with Crippen LogP contribution in [0.15, 0.2) is 146 Å². The van der Waals surface area contributed by atoms with E-state index in [4.69, 9.17) is 4.74 Å². The average Bonchev–Trinajstić information content (AvgIpc) is 3.79. The topological polar surface area (TPSA) is 55.8 Å². The molecule has 60 heavy (non-hydrogen) atoms. The molecule has 0 N–H and O–H groups in total. The molecule has 8 rings (SSSR count). The van der Waals surface area contributed by atoms with Crippen molar-refractivity contribution in [3.8, 4) is 22.6 Å². The summed E-state index contributed by atoms with van der Waals surface area (Å²) in [5.74, 6) is -15.2. The van der Waals surface area contributed by atoms with Crippen LogP contribution in [-0.4, -0.2) is 44.8 Å². The summed E-state index contributed by atoms with van der Waals surface area (Å²) < 4.78 is 156. The Balaban J connectivity index is 1.15. The molecular weight excluding hydrogens is 822 g/mol. The zero-order valence-corrected chi connectivity index (χ0v) is 31.9. The fourth-order valence-electron chi connectivity index (χ4n) is 7.59. The van der Waals surface area contributed by atoms with E-state index in [0.29, 0.717) is 16.9 Å². The second-order valence-electron chi connectivity index (χ2n) is 14.5. The summed E-state index contributed by atoms with van der Waals surface area (Å²) >= 11 is 0. The molecule has 0 bridgehead atoms. The second kappa shape index (κ2) is 14.6. The highest BCUT2D eigenvalue weighted by atomic mass is 32.2. The fraction of sp³-hybridized carbons (Fsp3) is 0.200. The van der Waals surface area contributed by atoms with Crippen LogP contribution in [0.5, 0.6) is 11.5 Å². The van der Waals surface area contributed by atoms with Gasteiger partial charge in [0.05, 0.1) is 0 Å². The van der Waals surface area contributed by atoms with Crippen molar-refractivity contribution >= 4 is 32.2 Å². The maximum atomic E-state index is 14.3. The molecule has 6 aromatic rings. The van der Waals surface area contributed by atoms with Crippen molar-refractivity contribution in [2.45, 2.75) is 41.7 Å². The molecule has 0 radical (unpaired) electrons. The lowest BCUT2D eigenvalue weighted by Gasteiger charge is -2.39. The molecule has 1 atom stereocenters. The number of rotatable bonds is 10. The van der Waals surface area contributed by atoms with Crippen molar-refractivity contribution in [3.05, 3.63) is 168 Å². The van der Waals surface area contributed by atoms with Crippen molar-refractivity contribution in [2.24, 2.45) is 0 Å². The Kier molecular flexibility index (Phi) is 9.96. The molecule has 1 unspecified atom stereocenters. The van der Waals surface area contributed by atoms with Crippen LogP contribution < -0.4 is 13.8 Å². The van der Waals surface area contributed by atoms with Gasteiger partial charge in [0.2, 0.25) is 0 Å². The van der Waals surface area contributed by atoms with E-state index < -0.39 is 44.7 Å². The van der Waals surface area contributed by atoms with Gasteiger partial charge in [0.15, 0.2) is 5.60 Å². The number of hydrogen-bond acceptors (Lipinski definition) is 5. The molecule has 0 saturated carbocycles. The molecule has 5 nitrogen and oxygen atoms in total. The van der Waals surface area contributed by atoms with Gasteiger partial charge < -0.3 is 13.8 Å². The van der Waals surface area contributed by atoms with Gasteiger partial charge >= 0.3 is 33.4 Å². The minimum atomic E-state index is -7.41. The van der Waals surface area contributed by atoms with Gasteiger partial charge in [-0.15, -0.1) is 0 Å². The number of anilines is 1. The summed E-state index contributed by atoms with van der Waals surface area (Å²) in [6.07, 6.45) is -2.85. The average molecular weight is 854 g/mol. The van der Waals surface area contributed by atoms with Gasteiger partial charge in [0.1, 0.15) is 11.5 Å². The third-order valence-electron chi connectivity index (χ3n) is 10.8. The Morgan fingerprint density at radius 2 is 1.13 bits per heavy atom. The summed E-state index contributed by atoms with van der Waals surface area (Å²) in [6, 6.07) is 41.0. The molecule has 2 heterocycles. The van der Waals surface area contributed by atoms with Crippen LogP contribution in [0.3, 0.4) is 0 Å². The Hall–Kier alpha value is -5.96. The van der Waals surface area contributed by atoms with Gasteiger partial charge in [-0.3, -0.25) is 0 Å². The highest BCUT2D eigenvalue weighted by Crippen LogP contribution is 2.55. The normalized spacial score (nSPS) is 17.6. The largest absolute Gasteiger partial charge is 0.473 e. The lowest BCUT2D eigenvalue weighted by Crippen LogP contribution is -2.63. The molecule has 0 spiro atoms. The monoisotopic (exact) mass is 853 g/mol. The lowest BCUT2D eigenvalue weighted by atomic mass is 9.79. The van der Waals surface area contributed by atoms with Gasteiger partial charge in [0.25, 0.3) is 0 Å². The Morgan fingerprint density at radius 3 is 1.75 bits per heavy atom. The van der Waals surface area contributed by atoms with Crippen LogP contribution in [0.4, 0.5) is 45.2 Å². The van der Waals surface area contributed by atoms with Crippen LogP contribution in [-0.2, 0) is 15.7 Å².